The standard InChI is InChI=1S/C12H24N2OSi/c1-5-11(12(15)6-2)13-14-9-7-8-10-16(14,3)4/h5-10H2,1-4H3. The average Bonchev–Trinajstić information content (AvgIpc) is 2.26. The maximum atomic E-state index is 11.7. The molecule has 0 spiro atoms. The molecular weight excluding hydrogens is 216 g/mol. The first kappa shape index (κ1) is 13.4. The normalized spacial score (nSPS) is 21.0. The molecule has 0 radical (unpaired) electrons. The lowest BCUT2D eigenvalue weighted by molar-refractivity contribution is -0.112. The summed E-state index contributed by atoms with van der Waals surface area (Å²) in [5, 5.41) is 4.64. The van der Waals surface area contributed by atoms with Gasteiger partial charge in [0.15, 0.2) is 14.0 Å². The molecule has 0 atom stereocenters. The summed E-state index contributed by atoms with van der Waals surface area (Å²) in [7, 11) is -1.36. The van der Waals surface area contributed by atoms with Gasteiger partial charge in [-0.2, -0.15) is 5.10 Å². The van der Waals surface area contributed by atoms with Gasteiger partial charge < -0.3 is 4.67 Å². The van der Waals surface area contributed by atoms with Gasteiger partial charge in [-0.3, -0.25) is 4.79 Å². The molecule has 1 rings (SSSR count). The Morgan fingerprint density at radius 2 is 1.94 bits per heavy atom. The van der Waals surface area contributed by atoms with Gasteiger partial charge in [0.1, 0.15) is 5.71 Å². The van der Waals surface area contributed by atoms with Crippen LogP contribution in [0.3, 0.4) is 0 Å². The number of Topliss-reactive ketones (excluding diaryl/α,β-unsaturated/α-hetero) is 1. The van der Waals surface area contributed by atoms with E-state index < -0.39 is 8.24 Å². The largest absolute Gasteiger partial charge is 0.324 e. The van der Waals surface area contributed by atoms with Crippen molar-refractivity contribution in [1.29, 1.82) is 0 Å². The van der Waals surface area contributed by atoms with Crippen molar-refractivity contribution in [3.63, 3.8) is 0 Å². The number of ketones is 1. The minimum absolute atomic E-state index is 0.206. The van der Waals surface area contributed by atoms with Crippen LogP contribution in [0.25, 0.3) is 0 Å². The van der Waals surface area contributed by atoms with Gasteiger partial charge in [0, 0.05) is 13.0 Å². The topological polar surface area (TPSA) is 32.7 Å². The van der Waals surface area contributed by atoms with Crippen molar-refractivity contribution >= 4 is 19.7 Å². The average molecular weight is 240 g/mol. The van der Waals surface area contributed by atoms with E-state index >= 15 is 0 Å². The van der Waals surface area contributed by atoms with Crippen LogP contribution in [-0.2, 0) is 4.79 Å². The number of hydrogen-bond acceptors (Lipinski definition) is 3. The van der Waals surface area contributed by atoms with Crippen molar-refractivity contribution in [2.75, 3.05) is 6.54 Å². The van der Waals surface area contributed by atoms with Gasteiger partial charge in [-0.1, -0.05) is 33.4 Å². The van der Waals surface area contributed by atoms with Gasteiger partial charge in [0.2, 0.25) is 0 Å². The minimum Gasteiger partial charge on any atom is -0.324 e. The molecule has 0 aromatic heterocycles. The summed E-state index contributed by atoms with van der Waals surface area (Å²) in [6, 6.07) is 1.30. The van der Waals surface area contributed by atoms with Crippen molar-refractivity contribution in [3.8, 4) is 0 Å². The van der Waals surface area contributed by atoms with Crippen LogP contribution in [0.4, 0.5) is 0 Å². The summed E-state index contributed by atoms with van der Waals surface area (Å²) in [5.74, 6) is 0.206. The number of carbonyl (C=O) groups excluding carboxylic acids is 1. The van der Waals surface area contributed by atoms with Crippen LogP contribution in [0, 0.1) is 0 Å². The number of rotatable bonds is 4. The van der Waals surface area contributed by atoms with E-state index in [0.29, 0.717) is 6.42 Å². The van der Waals surface area contributed by atoms with E-state index in [-0.39, 0.29) is 5.78 Å². The molecule has 0 bridgehead atoms. The molecule has 1 fully saturated rings. The Balaban J connectivity index is 2.82. The molecule has 0 saturated carbocycles. The van der Waals surface area contributed by atoms with Crippen molar-refractivity contribution in [1.82, 2.24) is 4.67 Å². The van der Waals surface area contributed by atoms with Gasteiger partial charge in [0.25, 0.3) is 0 Å². The zero-order chi connectivity index (χ0) is 12.2. The van der Waals surface area contributed by atoms with E-state index in [0.717, 1.165) is 18.7 Å². The highest BCUT2D eigenvalue weighted by Gasteiger charge is 2.32. The van der Waals surface area contributed by atoms with Crippen molar-refractivity contribution in [2.45, 2.75) is 58.7 Å². The fourth-order valence-corrected chi connectivity index (χ4v) is 4.64. The lowest BCUT2D eigenvalue weighted by Crippen LogP contribution is -2.49. The Morgan fingerprint density at radius 1 is 1.25 bits per heavy atom. The highest BCUT2D eigenvalue weighted by Crippen LogP contribution is 2.25. The van der Waals surface area contributed by atoms with Crippen molar-refractivity contribution < 1.29 is 4.79 Å². The van der Waals surface area contributed by atoms with E-state index in [1.54, 1.807) is 0 Å². The molecule has 16 heavy (non-hydrogen) atoms. The Bertz CT molecular complexity index is 287. The quantitative estimate of drug-likeness (QED) is 0.559. The summed E-state index contributed by atoms with van der Waals surface area (Å²) >= 11 is 0. The molecular formula is C12H24N2OSi. The van der Waals surface area contributed by atoms with Gasteiger partial charge in [-0.25, -0.2) is 0 Å². The molecule has 0 aromatic carbocycles. The molecule has 1 aliphatic heterocycles. The zero-order valence-electron chi connectivity index (χ0n) is 11.0. The molecule has 1 saturated heterocycles. The molecule has 0 N–H and O–H groups in total. The molecule has 3 nitrogen and oxygen atoms in total. The van der Waals surface area contributed by atoms with E-state index in [2.05, 4.69) is 22.9 Å². The SMILES string of the molecule is CCC(=O)C(CC)=NN1CCCC[Si]1(C)C. The highest BCUT2D eigenvalue weighted by atomic mass is 28.3. The first-order chi connectivity index (χ1) is 7.51. The molecule has 1 heterocycles. The van der Waals surface area contributed by atoms with E-state index in [4.69, 9.17) is 0 Å². The fourth-order valence-electron chi connectivity index (χ4n) is 2.11. The highest BCUT2D eigenvalue weighted by molar-refractivity contribution is 6.74. The molecule has 0 unspecified atom stereocenters. The zero-order valence-corrected chi connectivity index (χ0v) is 12.0. The summed E-state index contributed by atoms with van der Waals surface area (Å²) in [5.41, 5.74) is 0.768. The Morgan fingerprint density at radius 3 is 2.44 bits per heavy atom. The molecule has 4 heteroatoms. The lowest BCUT2D eigenvalue weighted by atomic mass is 10.1. The van der Waals surface area contributed by atoms with Crippen LogP contribution >= 0.6 is 0 Å². The maximum absolute atomic E-state index is 11.7. The smallest absolute Gasteiger partial charge is 0.178 e. The number of nitrogens with zero attached hydrogens (tertiary/aromatic N) is 2. The van der Waals surface area contributed by atoms with E-state index in [9.17, 15) is 4.79 Å². The Labute approximate surface area is 100.0 Å². The van der Waals surface area contributed by atoms with Gasteiger partial charge >= 0.3 is 0 Å². The van der Waals surface area contributed by atoms with Crippen LogP contribution in [-0.4, -0.2) is 30.9 Å². The number of hydrazone groups is 1. The predicted molar refractivity (Wildman–Crippen MR) is 71.3 cm³/mol. The van der Waals surface area contributed by atoms with Gasteiger partial charge in [-0.15, -0.1) is 0 Å². The van der Waals surface area contributed by atoms with E-state index in [1.165, 1.54) is 18.9 Å². The number of carbonyl (C=O) groups is 1. The molecule has 92 valence electrons. The first-order valence-corrected chi connectivity index (χ1v) is 9.55. The lowest BCUT2D eigenvalue weighted by Gasteiger charge is -2.39. The third-order valence-electron chi connectivity index (χ3n) is 3.33. The maximum Gasteiger partial charge on any atom is 0.178 e. The fraction of sp³-hybridized carbons (Fsp3) is 0.833. The summed E-state index contributed by atoms with van der Waals surface area (Å²) < 4.78 is 2.25. The molecule has 1 aliphatic rings. The van der Waals surface area contributed by atoms with E-state index in [1.807, 2.05) is 13.8 Å². The Hall–Kier alpha value is -0.643. The monoisotopic (exact) mass is 240 g/mol. The summed E-state index contributed by atoms with van der Waals surface area (Å²) in [6.07, 6.45) is 3.88. The van der Waals surface area contributed by atoms with Crippen LogP contribution in [0.15, 0.2) is 5.10 Å². The molecule has 0 aromatic rings. The van der Waals surface area contributed by atoms with Crippen LogP contribution in [0.2, 0.25) is 19.1 Å². The second-order valence-corrected chi connectivity index (χ2v) is 9.71. The predicted octanol–water partition coefficient (Wildman–Crippen LogP) is 3.03. The summed E-state index contributed by atoms with van der Waals surface area (Å²) in [6.45, 7) is 9.66. The van der Waals surface area contributed by atoms with Gasteiger partial charge in [0.05, 0.1) is 0 Å². The van der Waals surface area contributed by atoms with Crippen LogP contribution < -0.4 is 0 Å². The second-order valence-electron chi connectivity index (χ2n) is 5.07. The van der Waals surface area contributed by atoms with Gasteiger partial charge in [-0.05, 0) is 18.9 Å². The Kier molecular flexibility index (Phi) is 4.71. The third-order valence-corrected chi connectivity index (χ3v) is 6.62. The second kappa shape index (κ2) is 5.62. The van der Waals surface area contributed by atoms with Crippen LogP contribution in [0.5, 0.6) is 0 Å². The first-order valence-electron chi connectivity index (χ1n) is 6.39. The van der Waals surface area contributed by atoms with Crippen LogP contribution in [0.1, 0.15) is 39.5 Å². The van der Waals surface area contributed by atoms with Crippen molar-refractivity contribution in [3.05, 3.63) is 0 Å². The molecule has 0 amide bonds. The summed E-state index contributed by atoms with van der Waals surface area (Å²) in [4.78, 5) is 11.7. The minimum atomic E-state index is -1.36. The number of hydrogen-bond donors (Lipinski definition) is 0. The molecule has 0 aliphatic carbocycles. The van der Waals surface area contributed by atoms with Crippen molar-refractivity contribution in [2.24, 2.45) is 5.10 Å². The third kappa shape index (κ3) is 3.17.